The average molecular weight is 643 g/mol. The van der Waals surface area contributed by atoms with E-state index in [1.54, 1.807) is 0 Å². The van der Waals surface area contributed by atoms with E-state index in [1.807, 2.05) is 5.32 Å². The summed E-state index contributed by atoms with van der Waals surface area (Å²) in [6.07, 6.45) is 0. The number of morpholine rings is 1. The van der Waals surface area contributed by atoms with Crippen molar-refractivity contribution in [1.82, 2.24) is 15.1 Å². The summed E-state index contributed by atoms with van der Waals surface area (Å²) in [7, 11) is 0. The molecule has 0 aromatic heterocycles. The second-order valence-electron chi connectivity index (χ2n) is 10.5. The van der Waals surface area contributed by atoms with E-state index in [0.29, 0.717) is 6.07 Å². The fraction of sp³-hybridized carbons (Fsp3) is 0.400. The highest BCUT2D eigenvalue weighted by Gasteiger charge is 2.79. The topological polar surface area (TPSA) is 314 Å². The van der Waals surface area contributed by atoms with Crippen LogP contribution < -0.4 is 10.6 Å². The van der Waals surface area contributed by atoms with Gasteiger partial charge in [-0.3, -0.25) is 19.7 Å². The summed E-state index contributed by atoms with van der Waals surface area (Å²) in [4.78, 5) is 38.1. The lowest BCUT2D eigenvalue weighted by Gasteiger charge is -2.51. The minimum atomic E-state index is -4.71. The van der Waals surface area contributed by atoms with Gasteiger partial charge in [-0.05, 0) is 24.3 Å². The van der Waals surface area contributed by atoms with E-state index in [-0.39, 0.29) is 26.3 Å². The summed E-state index contributed by atoms with van der Waals surface area (Å²) in [6.45, 7) is 0.445. The molecule has 1 atom stereocenters. The monoisotopic (exact) mass is 642 g/mol. The number of imide groups is 1. The van der Waals surface area contributed by atoms with Gasteiger partial charge in [-0.1, -0.05) is 12.1 Å². The Kier molecular flexibility index (Phi) is 7.35. The van der Waals surface area contributed by atoms with Crippen LogP contribution in [0, 0.1) is 5.82 Å². The second kappa shape index (κ2) is 10.1. The largest absolute Gasteiger partial charge is 0.379 e. The standard InChI is InChI=1S/C25H27FN4O15/c26-14-10-11(23(39,40)29-6-8-45-9-7-29)4-5-13(14)22(37,38)28-15-3-1-2-12-16(15)24(41,42)30(17(12)31)20(34)18(32)27-19(33)21(35,36)25(20,43)44/h1-5,10,28,34-44H,6-9H2,(H,27,32,33). The lowest BCUT2D eigenvalue weighted by atomic mass is 9.86. The number of piperidine rings is 1. The number of hydrogen-bond acceptors (Lipinski definition) is 17. The molecular weight excluding hydrogens is 615 g/mol. The molecule has 0 radical (unpaired) electrons. The molecule has 13 N–H and O–H groups in total. The normalized spacial score (nSPS) is 24.8. The number of nitrogens with one attached hydrogen (secondary N) is 2. The molecule has 3 aliphatic rings. The number of halogens is 1. The fourth-order valence-electron chi connectivity index (χ4n) is 5.36. The molecule has 3 heterocycles. The predicted molar refractivity (Wildman–Crippen MR) is 136 cm³/mol. The molecule has 45 heavy (non-hydrogen) atoms. The van der Waals surface area contributed by atoms with Gasteiger partial charge in [-0.25, -0.2) is 14.2 Å². The number of carbonyl (C=O) groups is 3. The van der Waals surface area contributed by atoms with Crippen LogP contribution in [-0.4, -0.2) is 127 Å². The molecule has 20 heteroatoms. The van der Waals surface area contributed by atoms with Crippen LogP contribution in [0.4, 0.5) is 10.1 Å². The van der Waals surface area contributed by atoms with Crippen LogP contribution in [0.2, 0.25) is 0 Å². The highest BCUT2D eigenvalue weighted by Crippen LogP contribution is 2.48. The van der Waals surface area contributed by atoms with E-state index in [1.165, 1.54) is 0 Å². The Morgan fingerprint density at radius 3 is 2.11 bits per heavy atom. The van der Waals surface area contributed by atoms with E-state index in [4.69, 9.17) is 4.74 Å². The molecule has 2 saturated heterocycles. The highest BCUT2D eigenvalue weighted by atomic mass is 19.1. The lowest BCUT2D eigenvalue weighted by molar-refractivity contribution is -0.433. The van der Waals surface area contributed by atoms with Crippen LogP contribution in [0.3, 0.4) is 0 Å². The Hall–Kier alpha value is -3.74. The van der Waals surface area contributed by atoms with Crippen LogP contribution >= 0.6 is 0 Å². The van der Waals surface area contributed by atoms with E-state index in [0.717, 1.165) is 40.5 Å². The fourth-order valence-corrected chi connectivity index (χ4v) is 5.36. The molecule has 19 nitrogen and oxygen atoms in total. The Labute approximate surface area is 249 Å². The number of nitrogens with zero attached hydrogens (tertiary/aromatic N) is 2. The van der Waals surface area contributed by atoms with Gasteiger partial charge in [0.15, 0.2) is 0 Å². The predicted octanol–water partition coefficient (Wildman–Crippen LogP) is -6.28. The third kappa shape index (κ3) is 4.51. The summed E-state index contributed by atoms with van der Waals surface area (Å²) in [6, 6.07) is 4.96. The molecule has 0 aliphatic carbocycles. The summed E-state index contributed by atoms with van der Waals surface area (Å²) < 4.78 is 20.4. The first-order chi connectivity index (χ1) is 20.6. The van der Waals surface area contributed by atoms with Crippen molar-refractivity contribution in [2.24, 2.45) is 0 Å². The number of benzene rings is 2. The Morgan fingerprint density at radius 2 is 1.51 bits per heavy atom. The molecule has 244 valence electrons. The van der Waals surface area contributed by atoms with Gasteiger partial charge in [0.05, 0.1) is 29.9 Å². The molecule has 0 bridgehead atoms. The van der Waals surface area contributed by atoms with Crippen molar-refractivity contribution in [3.8, 4) is 0 Å². The van der Waals surface area contributed by atoms with Gasteiger partial charge < -0.3 is 66.2 Å². The SMILES string of the molecule is O=C1c2cccc(NC(O)(O)c3ccc(C(O)(O)N4CCOCC4)cc3F)c2C(O)(O)N1C1(O)C(=O)NC(=O)C(O)(O)C1(O)O. The van der Waals surface area contributed by atoms with Crippen molar-refractivity contribution in [2.75, 3.05) is 31.6 Å². The smallest absolute Gasteiger partial charge is 0.306 e. The second-order valence-corrected chi connectivity index (χ2v) is 10.5. The van der Waals surface area contributed by atoms with E-state index in [9.17, 15) is 70.6 Å². The molecule has 1 unspecified atom stereocenters. The van der Waals surface area contributed by atoms with Gasteiger partial charge in [0.1, 0.15) is 5.82 Å². The van der Waals surface area contributed by atoms with Gasteiger partial charge in [-0.2, -0.15) is 0 Å². The zero-order valence-corrected chi connectivity index (χ0v) is 22.6. The van der Waals surface area contributed by atoms with Gasteiger partial charge in [0, 0.05) is 24.3 Å². The Balaban J connectivity index is 1.52. The number of rotatable bonds is 6. The van der Waals surface area contributed by atoms with Crippen LogP contribution in [0.15, 0.2) is 36.4 Å². The molecule has 3 aliphatic heterocycles. The number of ether oxygens (including phenoxy) is 1. The molecule has 2 aromatic carbocycles. The first-order valence-corrected chi connectivity index (χ1v) is 12.8. The summed E-state index contributed by atoms with van der Waals surface area (Å²) in [5, 5.41) is 120. The molecular formula is C25H27FN4O15. The first kappa shape index (κ1) is 32.6. The van der Waals surface area contributed by atoms with E-state index in [2.05, 4.69) is 0 Å². The van der Waals surface area contributed by atoms with Crippen LogP contribution in [0.25, 0.3) is 0 Å². The summed E-state index contributed by atoms with van der Waals surface area (Å²) >= 11 is 0. The maximum Gasteiger partial charge on any atom is 0.306 e. The molecule has 0 saturated carbocycles. The third-order valence-corrected chi connectivity index (χ3v) is 7.79. The molecule has 0 spiro atoms. The first-order valence-electron chi connectivity index (χ1n) is 12.8. The third-order valence-electron chi connectivity index (χ3n) is 7.79. The summed E-state index contributed by atoms with van der Waals surface area (Å²) in [5.74, 6) is -26.9. The van der Waals surface area contributed by atoms with E-state index >= 15 is 4.39 Å². The summed E-state index contributed by atoms with van der Waals surface area (Å²) in [5.41, 5.74) is -8.57. The van der Waals surface area contributed by atoms with Crippen molar-refractivity contribution in [3.05, 3.63) is 64.5 Å². The van der Waals surface area contributed by atoms with Gasteiger partial charge in [0.2, 0.25) is 0 Å². The zero-order valence-electron chi connectivity index (χ0n) is 22.6. The van der Waals surface area contributed by atoms with Crippen molar-refractivity contribution < 1.29 is 79.7 Å². The van der Waals surface area contributed by atoms with Crippen molar-refractivity contribution in [2.45, 2.75) is 35.0 Å². The molecule has 2 aromatic rings. The van der Waals surface area contributed by atoms with Crippen molar-refractivity contribution in [3.63, 3.8) is 0 Å². The number of hydrogen-bond donors (Lipinski definition) is 13. The molecule has 5 rings (SSSR count). The van der Waals surface area contributed by atoms with Crippen LogP contribution in [0.1, 0.15) is 27.0 Å². The quantitative estimate of drug-likeness (QED) is 0.103. The Morgan fingerprint density at radius 1 is 0.889 bits per heavy atom. The van der Waals surface area contributed by atoms with Gasteiger partial charge >= 0.3 is 5.79 Å². The van der Waals surface area contributed by atoms with Crippen LogP contribution in [-0.2, 0) is 32.1 Å². The average Bonchev–Trinajstić information content (AvgIpc) is 3.17. The van der Waals surface area contributed by atoms with Gasteiger partial charge in [0.25, 0.3) is 47.0 Å². The van der Waals surface area contributed by atoms with Crippen molar-refractivity contribution >= 4 is 23.4 Å². The van der Waals surface area contributed by atoms with Crippen molar-refractivity contribution in [1.29, 1.82) is 0 Å². The minimum absolute atomic E-state index is 0.0686. The number of fused-ring (bicyclic) bond motifs is 1. The number of carbonyl (C=O) groups excluding carboxylic acids is 3. The highest BCUT2D eigenvalue weighted by molar-refractivity contribution is 6.10. The minimum Gasteiger partial charge on any atom is -0.379 e. The van der Waals surface area contributed by atoms with Crippen LogP contribution in [0.5, 0.6) is 0 Å². The number of amides is 3. The maximum absolute atomic E-state index is 15.2. The Bertz CT molecular complexity index is 1590. The number of aliphatic hydroxyl groups is 11. The lowest BCUT2D eigenvalue weighted by Crippen LogP contribution is -2.87. The zero-order chi connectivity index (χ0) is 33.5. The molecule has 2 fully saturated rings. The number of anilines is 1. The maximum atomic E-state index is 15.2. The van der Waals surface area contributed by atoms with Gasteiger partial charge in [-0.15, -0.1) is 0 Å². The van der Waals surface area contributed by atoms with E-state index < -0.39 is 91.4 Å². The molecule has 3 amide bonds.